The maximum Gasteiger partial charge on any atom is 0.318 e. The standard InChI is InChI=1S/C22H28N2O2/c1-18(19-10-4-2-5-11-19)24-16-8-14-22(15-9-17-25,23-21(24)26)20-12-6-3-7-13-20/h2-7,10-13,18,25H,8-9,14-17H2,1H3,(H,23,26). The summed E-state index contributed by atoms with van der Waals surface area (Å²) < 4.78 is 0. The molecule has 0 aliphatic carbocycles. The summed E-state index contributed by atoms with van der Waals surface area (Å²) >= 11 is 0. The van der Waals surface area contributed by atoms with Crippen LogP contribution in [0.5, 0.6) is 0 Å². The first-order chi connectivity index (χ1) is 12.7. The molecule has 0 radical (unpaired) electrons. The molecular weight excluding hydrogens is 324 g/mol. The van der Waals surface area contributed by atoms with Gasteiger partial charge in [-0.25, -0.2) is 4.79 Å². The Bertz CT molecular complexity index is 705. The molecule has 1 fully saturated rings. The van der Waals surface area contributed by atoms with Crippen molar-refractivity contribution in [2.45, 2.75) is 44.2 Å². The highest BCUT2D eigenvalue weighted by Crippen LogP contribution is 2.35. The van der Waals surface area contributed by atoms with Crippen LogP contribution in [0.2, 0.25) is 0 Å². The van der Waals surface area contributed by atoms with Gasteiger partial charge < -0.3 is 15.3 Å². The molecule has 0 aromatic heterocycles. The summed E-state index contributed by atoms with van der Waals surface area (Å²) in [7, 11) is 0. The highest BCUT2D eigenvalue weighted by atomic mass is 16.3. The Hall–Kier alpha value is -2.33. The zero-order chi connectivity index (χ0) is 18.4. The van der Waals surface area contributed by atoms with Crippen molar-refractivity contribution >= 4 is 6.03 Å². The first kappa shape index (κ1) is 18.5. The van der Waals surface area contributed by atoms with E-state index in [1.54, 1.807) is 0 Å². The van der Waals surface area contributed by atoms with Crippen molar-refractivity contribution in [2.24, 2.45) is 0 Å². The molecule has 1 saturated heterocycles. The smallest absolute Gasteiger partial charge is 0.318 e. The van der Waals surface area contributed by atoms with Gasteiger partial charge in [0.15, 0.2) is 0 Å². The van der Waals surface area contributed by atoms with Gasteiger partial charge in [0.05, 0.1) is 11.6 Å². The molecule has 1 heterocycles. The molecule has 2 aromatic carbocycles. The van der Waals surface area contributed by atoms with E-state index < -0.39 is 5.54 Å². The van der Waals surface area contributed by atoms with E-state index in [9.17, 15) is 9.90 Å². The molecule has 0 spiro atoms. The van der Waals surface area contributed by atoms with Crippen LogP contribution >= 0.6 is 0 Å². The number of nitrogens with zero attached hydrogens (tertiary/aromatic N) is 1. The minimum absolute atomic E-state index is 0.0272. The number of aliphatic hydroxyl groups is 1. The normalized spacial score (nSPS) is 21.8. The number of rotatable bonds is 6. The summed E-state index contributed by atoms with van der Waals surface area (Å²) in [6.07, 6.45) is 3.22. The van der Waals surface area contributed by atoms with Crippen LogP contribution in [0.3, 0.4) is 0 Å². The fraction of sp³-hybridized carbons (Fsp3) is 0.409. The molecule has 0 bridgehead atoms. The highest BCUT2D eigenvalue weighted by Gasteiger charge is 2.38. The first-order valence-electron chi connectivity index (χ1n) is 9.46. The molecule has 0 saturated carbocycles. The second kappa shape index (κ2) is 8.37. The van der Waals surface area contributed by atoms with Crippen molar-refractivity contribution in [3.63, 3.8) is 0 Å². The van der Waals surface area contributed by atoms with Crippen LogP contribution in [0.4, 0.5) is 4.79 Å². The van der Waals surface area contributed by atoms with E-state index in [1.165, 1.54) is 0 Å². The molecular formula is C22H28N2O2. The minimum atomic E-state index is -0.410. The van der Waals surface area contributed by atoms with Crippen LogP contribution in [0.1, 0.15) is 49.8 Å². The number of carbonyl (C=O) groups is 1. The molecule has 1 aliphatic heterocycles. The Kier molecular flexibility index (Phi) is 5.94. The number of amides is 2. The lowest BCUT2D eigenvalue weighted by Gasteiger charge is -2.35. The number of benzene rings is 2. The van der Waals surface area contributed by atoms with Crippen LogP contribution in [0, 0.1) is 0 Å². The number of aliphatic hydroxyl groups excluding tert-OH is 1. The Morgan fingerprint density at radius 1 is 1.12 bits per heavy atom. The zero-order valence-corrected chi connectivity index (χ0v) is 15.4. The Morgan fingerprint density at radius 3 is 2.42 bits per heavy atom. The Labute approximate surface area is 155 Å². The van der Waals surface area contributed by atoms with Crippen molar-refractivity contribution in [1.82, 2.24) is 10.2 Å². The summed E-state index contributed by atoms with van der Waals surface area (Å²) in [5.74, 6) is 0. The molecule has 4 heteroatoms. The van der Waals surface area contributed by atoms with Gasteiger partial charge >= 0.3 is 6.03 Å². The molecule has 2 N–H and O–H groups in total. The lowest BCUT2D eigenvalue weighted by atomic mass is 9.82. The third kappa shape index (κ3) is 3.91. The fourth-order valence-corrected chi connectivity index (χ4v) is 3.96. The molecule has 1 aliphatic rings. The van der Waals surface area contributed by atoms with Gasteiger partial charge in [-0.1, -0.05) is 60.7 Å². The van der Waals surface area contributed by atoms with Crippen molar-refractivity contribution in [3.8, 4) is 0 Å². The van der Waals surface area contributed by atoms with Gasteiger partial charge in [-0.2, -0.15) is 0 Å². The average molecular weight is 352 g/mol. The number of nitrogens with one attached hydrogen (secondary N) is 1. The number of hydrogen-bond acceptors (Lipinski definition) is 2. The van der Waals surface area contributed by atoms with Crippen molar-refractivity contribution in [1.29, 1.82) is 0 Å². The lowest BCUT2D eigenvalue weighted by molar-refractivity contribution is 0.174. The van der Waals surface area contributed by atoms with Gasteiger partial charge in [0.2, 0.25) is 0 Å². The first-order valence-corrected chi connectivity index (χ1v) is 9.46. The van der Waals surface area contributed by atoms with E-state index in [4.69, 9.17) is 0 Å². The Balaban J connectivity index is 1.86. The molecule has 26 heavy (non-hydrogen) atoms. The van der Waals surface area contributed by atoms with E-state index >= 15 is 0 Å². The van der Waals surface area contributed by atoms with Gasteiger partial charge in [0, 0.05) is 13.2 Å². The lowest BCUT2D eigenvalue weighted by Crippen LogP contribution is -2.49. The quantitative estimate of drug-likeness (QED) is 0.818. The van der Waals surface area contributed by atoms with Gasteiger partial charge in [0.25, 0.3) is 0 Å². The SMILES string of the molecule is CC(c1ccccc1)N1CCCC(CCCO)(c2ccccc2)NC1=O. The second-order valence-corrected chi connectivity index (χ2v) is 7.09. The summed E-state index contributed by atoms with van der Waals surface area (Å²) in [6.45, 7) is 2.95. The van der Waals surface area contributed by atoms with Crippen molar-refractivity contribution in [2.75, 3.05) is 13.2 Å². The topological polar surface area (TPSA) is 52.6 Å². The second-order valence-electron chi connectivity index (χ2n) is 7.09. The molecule has 4 nitrogen and oxygen atoms in total. The van der Waals surface area contributed by atoms with E-state index in [0.29, 0.717) is 6.42 Å². The van der Waals surface area contributed by atoms with Gasteiger partial charge in [-0.15, -0.1) is 0 Å². The highest BCUT2D eigenvalue weighted by molar-refractivity contribution is 5.76. The predicted molar refractivity (Wildman–Crippen MR) is 104 cm³/mol. The molecule has 138 valence electrons. The number of urea groups is 1. The maximum atomic E-state index is 13.1. The summed E-state index contributed by atoms with van der Waals surface area (Å²) in [4.78, 5) is 15.1. The van der Waals surface area contributed by atoms with E-state index in [2.05, 4.69) is 36.5 Å². The maximum absolute atomic E-state index is 13.1. The molecule has 2 unspecified atom stereocenters. The van der Waals surface area contributed by atoms with E-state index in [0.717, 1.165) is 36.9 Å². The average Bonchev–Trinajstić information content (AvgIpc) is 2.86. The van der Waals surface area contributed by atoms with Crippen molar-refractivity contribution in [3.05, 3.63) is 71.8 Å². The van der Waals surface area contributed by atoms with Crippen LogP contribution < -0.4 is 5.32 Å². The molecule has 2 atom stereocenters. The molecule has 3 rings (SSSR count). The third-order valence-electron chi connectivity index (χ3n) is 5.45. The third-order valence-corrected chi connectivity index (χ3v) is 5.45. The monoisotopic (exact) mass is 352 g/mol. The fourth-order valence-electron chi connectivity index (χ4n) is 3.96. The van der Waals surface area contributed by atoms with Gasteiger partial charge in [-0.05, 0) is 43.7 Å². The van der Waals surface area contributed by atoms with Gasteiger partial charge in [0.1, 0.15) is 0 Å². The van der Waals surface area contributed by atoms with Crippen LogP contribution in [0.15, 0.2) is 60.7 Å². The largest absolute Gasteiger partial charge is 0.396 e. The van der Waals surface area contributed by atoms with Crippen molar-refractivity contribution < 1.29 is 9.90 Å². The predicted octanol–water partition coefficient (Wildman–Crippen LogP) is 4.22. The molecule has 2 aromatic rings. The summed E-state index contributed by atoms with van der Waals surface area (Å²) in [5.41, 5.74) is 1.85. The number of hydrogen-bond donors (Lipinski definition) is 2. The molecule has 2 amide bonds. The number of carbonyl (C=O) groups excluding carboxylic acids is 1. The van der Waals surface area contributed by atoms with Crippen LogP contribution in [-0.4, -0.2) is 29.2 Å². The minimum Gasteiger partial charge on any atom is -0.396 e. The van der Waals surface area contributed by atoms with E-state index in [1.807, 2.05) is 41.3 Å². The summed E-state index contributed by atoms with van der Waals surface area (Å²) in [6, 6.07) is 20.3. The Morgan fingerprint density at radius 2 is 1.77 bits per heavy atom. The summed E-state index contributed by atoms with van der Waals surface area (Å²) in [5, 5.41) is 12.7. The zero-order valence-electron chi connectivity index (χ0n) is 15.4. The van der Waals surface area contributed by atoms with Gasteiger partial charge in [-0.3, -0.25) is 0 Å². The van der Waals surface area contributed by atoms with Crippen LogP contribution in [-0.2, 0) is 5.54 Å². The van der Waals surface area contributed by atoms with Crippen LogP contribution in [0.25, 0.3) is 0 Å². The van der Waals surface area contributed by atoms with E-state index in [-0.39, 0.29) is 18.7 Å².